The number of aryl methyl sites for hydroxylation is 3. The maximum Gasteiger partial charge on any atom is 0.331 e. The van der Waals surface area contributed by atoms with Gasteiger partial charge in [-0.2, -0.15) is 5.10 Å². The Morgan fingerprint density at radius 1 is 1.45 bits per heavy atom. The average Bonchev–Trinajstić information content (AvgIpc) is 3.04. The number of aromatic nitrogens is 3. The molecule has 2 aromatic rings. The van der Waals surface area contributed by atoms with E-state index in [1.807, 2.05) is 6.92 Å². The number of carbonyl (C=O) groups excluding carboxylic acids is 1. The van der Waals surface area contributed by atoms with Crippen molar-refractivity contribution in [3.8, 4) is 0 Å². The Morgan fingerprint density at radius 3 is 2.73 bits per heavy atom. The Balaban J connectivity index is 2.21. The van der Waals surface area contributed by atoms with Crippen molar-refractivity contribution < 1.29 is 14.7 Å². The first kappa shape index (κ1) is 16.2. The van der Waals surface area contributed by atoms with Crippen LogP contribution in [0.1, 0.15) is 51.8 Å². The number of carboxylic acids is 1. The van der Waals surface area contributed by atoms with Gasteiger partial charge < -0.3 is 10.4 Å². The largest absolute Gasteiger partial charge is 0.479 e. The van der Waals surface area contributed by atoms with Crippen LogP contribution in [0.3, 0.4) is 0 Å². The lowest BCUT2D eigenvalue weighted by Crippen LogP contribution is -2.34. The van der Waals surface area contributed by atoms with Crippen LogP contribution in [0.15, 0.2) is 5.38 Å². The Morgan fingerprint density at radius 2 is 2.18 bits per heavy atom. The van der Waals surface area contributed by atoms with Gasteiger partial charge in [-0.15, -0.1) is 11.3 Å². The first-order valence-corrected chi connectivity index (χ1v) is 7.81. The Hall–Kier alpha value is -2.22. The summed E-state index contributed by atoms with van der Waals surface area (Å²) in [6, 6.07) is -1.15. The van der Waals surface area contributed by atoms with Crippen molar-refractivity contribution in [3.63, 3.8) is 0 Å². The molecule has 0 radical (unpaired) electrons. The number of carboxylic acid groups (broad SMARTS) is 1. The van der Waals surface area contributed by atoms with Crippen molar-refractivity contribution >= 4 is 23.2 Å². The SMILES string of the molecule is CCCc1nc(C(=O)NC(C(=O)O)c2c(C)n[nH]c2C)cs1. The lowest BCUT2D eigenvalue weighted by atomic mass is 10.0. The molecule has 0 fully saturated rings. The van der Waals surface area contributed by atoms with E-state index >= 15 is 0 Å². The summed E-state index contributed by atoms with van der Waals surface area (Å²) >= 11 is 1.40. The second kappa shape index (κ2) is 6.69. The van der Waals surface area contributed by atoms with E-state index in [2.05, 4.69) is 20.5 Å². The number of H-pyrrole nitrogens is 1. The predicted octanol–water partition coefficient (Wildman–Crippen LogP) is 1.99. The molecule has 8 heteroatoms. The summed E-state index contributed by atoms with van der Waals surface area (Å²) in [5.74, 6) is -1.63. The van der Waals surface area contributed by atoms with Crippen LogP contribution >= 0.6 is 11.3 Å². The van der Waals surface area contributed by atoms with E-state index in [0.29, 0.717) is 17.0 Å². The van der Waals surface area contributed by atoms with Gasteiger partial charge >= 0.3 is 5.97 Å². The molecule has 2 rings (SSSR count). The van der Waals surface area contributed by atoms with Crippen LogP contribution in [0.2, 0.25) is 0 Å². The lowest BCUT2D eigenvalue weighted by Gasteiger charge is -2.14. The number of nitrogens with one attached hydrogen (secondary N) is 2. The molecule has 1 unspecified atom stereocenters. The molecular formula is C14H18N4O3S. The van der Waals surface area contributed by atoms with Crippen LogP contribution in [0, 0.1) is 13.8 Å². The van der Waals surface area contributed by atoms with Gasteiger partial charge in [0.2, 0.25) is 0 Å². The molecule has 2 aromatic heterocycles. The molecular weight excluding hydrogens is 304 g/mol. The smallest absolute Gasteiger partial charge is 0.331 e. The summed E-state index contributed by atoms with van der Waals surface area (Å²) in [6.07, 6.45) is 1.75. The molecule has 1 amide bonds. The fourth-order valence-electron chi connectivity index (χ4n) is 2.19. The summed E-state index contributed by atoms with van der Waals surface area (Å²) in [5, 5.41) is 21.1. The predicted molar refractivity (Wildman–Crippen MR) is 82.0 cm³/mol. The number of hydrogen-bond donors (Lipinski definition) is 3. The van der Waals surface area contributed by atoms with Gasteiger partial charge in [-0.05, 0) is 26.7 Å². The molecule has 3 N–H and O–H groups in total. The van der Waals surface area contributed by atoms with Gasteiger partial charge in [-0.25, -0.2) is 9.78 Å². The van der Waals surface area contributed by atoms with Crippen molar-refractivity contribution in [2.75, 3.05) is 0 Å². The van der Waals surface area contributed by atoms with E-state index in [0.717, 1.165) is 17.8 Å². The monoisotopic (exact) mass is 322 g/mol. The molecule has 7 nitrogen and oxygen atoms in total. The molecule has 0 spiro atoms. The highest BCUT2D eigenvalue weighted by Crippen LogP contribution is 2.21. The van der Waals surface area contributed by atoms with Crippen molar-refractivity contribution in [2.45, 2.75) is 39.7 Å². The minimum Gasteiger partial charge on any atom is -0.479 e. The molecule has 0 saturated carbocycles. The van der Waals surface area contributed by atoms with E-state index in [1.165, 1.54) is 11.3 Å². The van der Waals surface area contributed by atoms with Gasteiger partial charge in [-0.1, -0.05) is 6.92 Å². The van der Waals surface area contributed by atoms with Crippen molar-refractivity contribution in [2.24, 2.45) is 0 Å². The van der Waals surface area contributed by atoms with E-state index in [1.54, 1.807) is 19.2 Å². The molecule has 2 heterocycles. The van der Waals surface area contributed by atoms with Crippen LogP contribution in [0.25, 0.3) is 0 Å². The highest BCUT2D eigenvalue weighted by Gasteiger charge is 2.28. The van der Waals surface area contributed by atoms with Gasteiger partial charge in [-0.3, -0.25) is 9.89 Å². The molecule has 0 aliphatic heterocycles. The number of aromatic amines is 1. The van der Waals surface area contributed by atoms with Gasteiger partial charge in [0.1, 0.15) is 5.69 Å². The second-order valence-electron chi connectivity index (χ2n) is 4.97. The maximum atomic E-state index is 12.2. The summed E-state index contributed by atoms with van der Waals surface area (Å²) in [7, 11) is 0. The van der Waals surface area contributed by atoms with E-state index < -0.39 is 17.9 Å². The summed E-state index contributed by atoms with van der Waals surface area (Å²) in [6.45, 7) is 5.45. The zero-order valence-corrected chi connectivity index (χ0v) is 13.5. The van der Waals surface area contributed by atoms with Gasteiger partial charge in [0, 0.05) is 16.6 Å². The second-order valence-corrected chi connectivity index (χ2v) is 5.91. The number of rotatable bonds is 6. The molecule has 0 aliphatic carbocycles. The number of thiazole rings is 1. The van der Waals surface area contributed by atoms with Crippen molar-refractivity contribution in [3.05, 3.63) is 33.0 Å². The molecule has 1 atom stereocenters. The molecule has 0 aromatic carbocycles. The Labute approximate surface area is 131 Å². The van der Waals surface area contributed by atoms with Crippen LogP contribution < -0.4 is 5.32 Å². The molecule has 22 heavy (non-hydrogen) atoms. The summed E-state index contributed by atoms with van der Waals surface area (Å²) in [4.78, 5) is 28.0. The Kier molecular flexibility index (Phi) is 4.92. The molecule has 118 valence electrons. The highest BCUT2D eigenvalue weighted by atomic mass is 32.1. The van der Waals surface area contributed by atoms with Crippen molar-refractivity contribution in [1.29, 1.82) is 0 Å². The van der Waals surface area contributed by atoms with Gasteiger partial charge in [0.05, 0.1) is 10.7 Å². The van der Waals surface area contributed by atoms with E-state index in [-0.39, 0.29) is 5.69 Å². The maximum absolute atomic E-state index is 12.2. The molecule has 0 aliphatic rings. The topological polar surface area (TPSA) is 108 Å². The summed E-state index contributed by atoms with van der Waals surface area (Å²) in [5.41, 5.74) is 1.90. The van der Waals surface area contributed by atoms with E-state index in [9.17, 15) is 14.7 Å². The average molecular weight is 322 g/mol. The molecule has 0 saturated heterocycles. The minimum absolute atomic E-state index is 0.249. The quantitative estimate of drug-likeness (QED) is 0.754. The minimum atomic E-state index is -1.15. The number of nitrogens with zero attached hydrogens (tertiary/aromatic N) is 2. The zero-order chi connectivity index (χ0) is 16.3. The third-order valence-corrected chi connectivity index (χ3v) is 4.15. The highest BCUT2D eigenvalue weighted by molar-refractivity contribution is 7.09. The third-order valence-electron chi connectivity index (χ3n) is 3.24. The lowest BCUT2D eigenvalue weighted by molar-refractivity contribution is -0.139. The number of aliphatic carboxylic acids is 1. The van der Waals surface area contributed by atoms with Crippen LogP contribution in [-0.4, -0.2) is 32.2 Å². The fourth-order valence-corrected chi connectivity index (χ4v) is 3.07. The third kappa shape index (κ3) is 3.33. The fraction of sp³-hybridized carbons (Fsp3) is 0.429. The van der Waals surface area contributed by atoms with E-state index in [4.69, 9.17) is 0 Å². The number of hydrogen-bond acceptors (Lipinski definition) is 5. The zero-order valence-electron chi connectivity index (χ0n) is 12.6. The van der Waals surface area contributed by atoms with Crippen LogP contribution in [-0.2, 0) is 11.2 Å². The summed E-state index contributed by atoms with van der Waals surface area (Å²) < 4.78 is 0. The Bertz CT molecular complexity index is 673. The van der Waals surface area contributed by atoms with Crippen LogP contribution in [0.4, 0.5) is 0 Å². The number of carbonyl (C=O) groups is 2. The standard InChI is InChI=1S/C14H18N4O3S/c1-4-5-10-15-9(6-22-10)13(19)16-12(14(20)21)11-7(2)17-18-8(11)3/h6,12H,4-5H2,1-3H3,(H,16,19)(H,17,18)(H,20,21). The first-order valence-electron chi connectivity index (χ1n) is 6.93. The first-order chi connectivity index (χ1) is 10.4. The van der Waals surface area contributed by atoms with Crippen molar-refractivity contribution in [1.82, 2.24) is 20.5 Å². The van der Waals surface area contributed by atoms with Crippen LogP contribution in [0.5, 0.6) is 0 Å². The van der Waals surface area contributed by atoms with Gasteiger partial charge in [0.15, 0.2) is 6.04 Å². The van der Waals surface area contributed by atoms with Gasteiger partial charge in [0.25, 0.3) is 5.91 Å². The normalized spacial score (nSPS) is 12.1. The number of amides is 1. The molecule has 0 bridgehead atoms.